The summed E-state index contributed by atoms with van der Waals surface area (Å²) in [4.78, 5) is 26.9. The molecule has 1 heterocycles. The van der Waals surface area contributed by atoms with Crippen molar-refractivity contribution in [3.8, 4) is 0 Å². The molecule has 0 bridgehead atoms. The van der Waals surface area contributed by atoms with Crippen molar-refractivity contribution in [3.05, 3.63) is 68.5 Å². The Labute approximate surface area is 182 Å². The van der Waals surface area contributed by atoms with Crippen LogP contribution in [0.5, 0.6) is 0 Å². The van der Waals surface area contributed by atoms with E-state index < -0.39 is 0 Å². The Kier molecular flexibility index (Phi) is 6.78. The summed E-state index contributed by atoms with van der Waals surface area (Å²) in [5.74, 6) is -0.468. The first kappa shape index (κ1) is 20.9. The highest BCUT2D eigenvalue weighted by molar-refractivity contribution is 8.26. The van der Waals surface area contributed by atoms with Gasteiger partial charge in [-0.2, -0.15) is 0 Å². The molecule has 0 unspecified atom stereocenters. The minimum Gasteiger partial charge on any atom is -0.325 e. The number of carbonyl (C=O) groups is 2. The van der Waals surface area contributed by atoms with Gasteiger partial charge >= 0.3 is 0 Å². The normalized spacial score (nSPS) is 15.4. The summed E-state index contributed by atoms with van der Waals surface area (Å²) >= 11 is 18.6. The molecule has 144 valence electrons. The zero-order chi connectivity index (χ0) is 20.3. The van der Waals surface area contributed by atoms with E-state index in [1.54, 1.807) is 18.2 Å². The molecule has 3 rings (SSSR count). The number of hydrogen-bond acceptors (Lipinski definition) is 4. The fourth-order valence-corrected chi connectivity index (χ4v) is 4.19. The third-order valence-corrected chi connectivity index (χ3v) is 6.23. The van der Waals surface area contributed by atoms with Crippen LogP contribution in [0.3, 0.4) is 0 Å². The number of amides is 2. The molecule has 0 aliphatic carbocycles. The topological polar surface area (TPSA) is 49.4 Å². The van der Waals surface area contributed by atoms with E-state index in [1.165, 1.54) is 16.7 Å². The molecule has 1 saturated heterocycles. The summed E-state index contributed by atoms with van der Waals surface area (Å²) in [6.45, 7) is 2.20. The van der Waals surface area contributed by atoms with Crippen LogP contribution in [0.15, 0.2) is 47.4 Å². The third kappa shape index (κ3) is 4.94. The Hall–Kier alpha value is -1.86. The van der Waals surface area contributed by atoms with Crippen molar-refractivity contribution in [3.63, 3.8) is 0 Å². The Morgan fingerprint density at radius 1 is 1.21 bits per heavy atom. The maximum absolute atomic E-state index is 12.6. The van der Waals surface area contributed by atoms with Gasteiger partial charge in [0.15, 0.2) is 0 Å². The molecule has 28 heavy (non-hydrogen) atoms. The average molecular weight is 451 g/mol. The van der Waals surface area contributed by atoms with Crippen molar-refractivity contribution >= 4 is 75.1 Å². The maximum atomic E-state index is 12.6. The molecule has 2 amide bonds. The van der Waals surface area contributed by atoms with Gasteiger partial charge in [0.1, 0.15) is 4.32 Å². The second-order valence-corrected chi connectivity index (χ2v) is 8.60. The Bertz CT molecular complexity index is 975. The summed E-state index contributed by atoms with van der Waals surface area (Å²) in [7, 11) is 0. The molecule has 0 spiro atoms. The molecule has 4 nitrogen and oxygen atoms in total. The van der Waals surface area contributed by atoms with Gasteiger partial charge in [0.25, 0.3) is 5.91 Å². The highest BCUT2D eigenvalue weighted by Crippen LogP contribution is 2.33. The monoisotopic (exact) mass is 450 g/mol. The molecule has 2 aromatic rings. The van der Waals surface area contributed by atoms with Gasteiger partial charge in [-0.15, -0.1) is 0 Å². The zero-order valence-corrected chi connectivity index (χ0v) is 18.0. The van der Waals surface area contributed by atoms with Crippen LogP contribution in [0.2, 0.25) is 10.0 Å². The van der Waals surface area contributed by atoms with Gasteiger partial charge in [0, 0.05) is 13.0 Å². The summed E-state index contributed by atoms with van der Waals surface area (Å²) in [6.07, 6.45) is 1.90. The van der Waals surface area contributed by atoms with Crippen molar-refractivity contribution in [1.29, 1.82) is 0 Å². The minimum absolute atomic E-state index is 0.0904. The van der Waals surface area contributed by atoms with Crippen LogP contribution in [-0.4, -0.2) is 27.6 Å². The van der Waals surface area contributed by atoms with Crippen LogP contribution in [-0.2, 0) is 9.59 Å². The molecule has 1 aliphatic rings. The van der Waals surface area contributed by atoms with Crippen LogP contribution >= 0.6 is 47.2 Å². The molecule has 0 saturated carbocycles. The number of thiocarbonyl (C=S) groups is 1. The van der Waals surface area contributed by atoms with Crippen LogP contribution in [0.4, 0.5) is 5.69 Å². The number of nitrogens with zero attached hydrogens (tertiary/aromatic N) is 1. The van der Waals surface area contributed by atoms with Crippen LogP contribution in [0, 0.1) is 6.92 Å². The smallest absolute Gasteiger partial charge is 0.266 e. The van der Waals surface area contributed by atoms with Crippen LogP contribution in [0.1, 0.15) is 17.5 Å². The number of carbonyl (C=O) groups excluding carboxylic acids is 2. The van der Waals surface area contributed by atoms with Crippen molar-refractivity contribution in [2.24, 2.45) is 0 Å². The average Bonchev–Trinajstić information content (AvgIpc) is 2.92. The van der Waals surface area contributed by atoms with Gasteiger partial charge in [-0.1, -0.05) is 83.1 Å². The number of rotatable bonds is 5. The lowest BCUT2D eigenvalue weighted by atomic mass is 10.1. The summed E-state index contributed by atoms with van der Waals surface area (Å²) in [5, 5.41) is 3.34. The second-order valence-electron chi connectivity index (χ2n) is 6.14. The van der Waals surface area contributed by atoms with Crippen molar-refractivity contribution < 1.29 is 9.59 Å². The second kappa shape index (κ2) is 9.09. The number of thioether (sulfide) groups is 1. The fourth-order valence-electron chi connectivity index (χ4n) is 2.53. The predicted octanol–water partition coefficient (Wildman–Crippen LogP) is 5.53. The van der Waals surface area contributed by atoms with Gasteiger partial charge < -0.3 is 5.32 Å². The Morgan fingerprint density at radius 2 is 1.93 bits per heavy atom. The fraction of sp³-hybridized carbons (Fsp3) is 0.150. The number of hydrogen-bond donors (Lipinski definition) is 1. The first-order valence-electron chi connectivity index (χ1n) is 8.41. The quantitative estimate of drug-likeness (QED) is 0.480. The summed E-state index contributed by atoms with van der Waals surface area (Å²) < 4.78 is 0.442. The SMILES string of the molecule is Cc1ccc(C=C2SC(=S)N(CCC(=O)Nc3cccc(Cl)c3Cl)C2=O)cc1. The van der Waals surface area contributed by atoms with E-state index in [0.29, 0.717) is 19.9 Å². The molecule has 2 aromatic carbocycles. The van der Waals surface area contributed by atoms with Gasteiger partial charge in [-0.25, -0.2) is 0 Å². The summed E-state index contributed by atoms with van der Waals surface area (Å²) in [5.41, 5.74) is 2.51. The van der Waals surface area contributed by atoms with E-state index in [9.17, 15) is 9.59 Å². The molecular weight excluding hydrogens is 435 g/mol. The molecule has 1 aliphatic heterocycles. The molecule has 8 heteroatoms. The molecule has 1 N–H and O–H groups in total. The van der Waals surface area contributed by atoms with Crippen molar-refractivity contribution in [2.75, 3.05) is 11.9 Å². The highest BCUT2D eigenvalue weighted by atomic mass is 35.5. The van der Waals surface area contributed by atoms with Crippen molar-refractivity contribution in [1.82, 2.24) is 4.90 Å². The largest absolute Gasteiger partial charge is 0.325 e. The number of halogens is 2. The highest BCUT2D eigenvalue weighted by Gasteiger charge is 2.32. The van der Waals surface area contributed by atoms with E-state index in [1.807, 2.05) is 37.3 Å². The van der Waals surface area contributed by atoms with Gasteiger partial charge in [0.05, 0.1) is 20.6 Å². The number of benzene rings is 2. The first-order valence-corrected chi connectivity index (χ1v) is 10.4. The molecule has 0 atom stereocenters. The lowest BCUT2D eigenvalue weighted by Crippen LogP contribution is -2.31. The Morgan fingerprint density at radius 3 is 2.64 bits per heavy atom. The predicted molar refractivity (Wildman–Crippen MR) is 121 cm³/mol. The number of nitrogens with one attached hydrogen (secondary N) is 1. The van der Waals surface area contributed by atoms with E-state index >= 15 is 0 Å². The molecule has 0 aromatic heterocycles. The summed E-state index contributed by atoms with van der Waals surface area (Å²) in [6, 6.07) is 12.9. The minimum atomic E-state index is -0.277. The maximum Gasteiger partial charge on any atom is 0.266 e. The standard InChI is InChI=1S/C20H16Cl2N2O2S2/c1-12-5-7-13(8-6-12)11-16-19(26)24(20(27)28-16)10-9-17(25)23-15-4-2-3-14(21)18(15)22/h2-8,11H,9-10H2,1H3,(H,23,25). The van der Waals surface area contributed by atoms with E-state index in [-0.39, 0.29) is 29.8 Å². The number of aryl methyl sites for hydroxylation is 1. The van der Waals surface area contributed by atoms with Crippen LogP contribution < -0.4 is 5.32 Å². The van der Waals surface area contributed by atoms with Gasteiger partial charge in [-0.3, -0.25) is 14.5 Å². The number of anilines is 1. The lowest BCUT2D eigenvalue weighted by molar-refractivity contribution is -0.122. The van der Waals surface area contributed by atoms with Gasteiger partial charge in [0.2, 0.25) is 5.91 Å². The molecule has 0 radical (unpaired) electrons. The van der Waals surface area contributed by atoms with Crippen LogP contribution in [0.25, 0.3) is 6.08 Å². The lowest BCUT2D eigenvalue weighted by Gasteiger charge is -2.14. The van der Waals surface area contributed by atoms with E-state index in [0.717, 1.165) is 11.1 Å². The Balaban J connectivity index is 1.62. The molecular formula is C20H16Cl2N2O2S2. The third-order valence-electron chi connectivity index (χ3n) is 4.04. The first-order chi connectivity index (χ1) is 13.3. The van der Waals surface area contributed by atoms with Crippen molar-refractivity contribution in [2.45, 2.75) is 13.3 Å². The van der Waals surface area contributed by atoms with Gasteiger partial charge in [-0.05, 0) is 30.7 Å². The van der Waals surface area contributed by atoms with E-state index in [2.05, 4.69) is 5.32 Å². The van der Waals surface area contributed by atoms with E-state index in [4.69, 9.17) is 35.4 Å². The molecule has 1 fully saturated rings. The zero-order valence-electron chi connectivity index (χ0n) is 14.9.